The number of hydrogen-bond donors (Lipinski definition) is 3. The maximum atomic E-state index is 12.4. The van der Waals surface area contributed by atoms with Gasteiger partial charge in [0.15, 0.2) is 0 Å². The Morgan fingerprint density at radius 1 is 1.03 bits per heavy atom. The Balaban J connectivity index is 1.50. The molecular formula is C25H30N2O5. The molecule has 0 aliphatic heterocycles. The van der Waals surface area contributed by atoms with Crippen molar-refractivity contribution in [2.75, 3.05) is 13.2 Å². The van der Waals surface area contributed by atoms with Crippen LogP contribution in [-0.4, -0.2) is 42.3 Å². The van der Waals surface area contributed by atoms with E-state index in [1.54, 1.807) is 13.8 Å². The molecule has 2 aromatic rings. The number of hydrogen-bond acceptors (Lipinski definition) is 4. The third-order valence-corrected chi connectivity index (χ3v) is 5.90. The molecule has 0 radical (unpaired) electrons. The lowest BCUT2D eigenvalue weighted by molar-refractivity contribution is -0.141. The third kappa shape index (κ3) is 5.46. The van der Waals surface area contributed by atoms with Gasteiger partial charge in [0.25, 0.3) is 0 Å². The van der Waals surface area contributed by atoms with Gasteiger partial charge in [-0.3, -0.25) is 9.59 Å². The summed E-state index contributed by atoms with van der Waals surface area (Å²) in [5.41, 5.74) is 4.56. The summed E-state index contributed by atoms with van der Waals surface area (Å²) in [5.74, 6) is -1.64. The second-order valence-corrected chi connectivity index (χ2v) is 8.10. The van der Waals surface area contributed by atoms with Crippen molar-refractivity contribution in [3.8, 4) is 11.1 Å². The van der Waals surface area contributed by atoms with Crippen LogP contribution in [0.25, 0.3) is 11.1 Å². The minimum Gasteiger partial charge on any atom is -0.481 e. The molecule has 0 heterocycles. The molecule has 0 fully saturated rings. The van der Waals surface area contributed by atoms with Crippen molar-refractivity contribution in [3.63, 3.8) is 0 Å². The fraction of sp³-hybridized carbons (Fsp3) is 0.400. The van der Waals surface area contributed by atoms with Gasteiger partial charge >= 0.3 is 12.1 Å². The molecule has 2 amide bonds. The van der Waals surface area contributed by atoms with Crippen LogP contribution in [0, 0.1) is 5.92 Å². The number of carboxylic acid groups (broad SMARTS) is 1. The van der Waals surface area contributed by atoms with Crippen LogP contribution < -0.4 is 10.6 Å². The Morgan fingerprint density at radius 3 is 2.19 bits per heavy atom. The molecule has 0 aromatic heterocycles. The second-order valence-electron chi connectivity index (χ2n) is 8.10. The molecule has 1 aliphatic rings. The normalized spacial score (nSPS) is 14.1. The van der Waals surface area contributed by atoms with E-state index in [-0.39, 0.29) is 18.4 Å². The van der Waals surface area contributed by atoms with E-state index >= 15 is 0 Å². The van der Waals surface area contributed by atoms with Gasteiger partial charge in [-0.2, -0.15) is 0 Å². The Hall–Kier alpha value is -3.35. The third-order valence-electron chi connectivity index (χ3n) is 5.90. The van der Waals surface area contributed by atoms with Crippen molar-refractivity contribution >= 4 is 18.0 Å². The van der Waals surface area contributed by atoms with Crippen molar-refractivity contribution in [3.05, 3.63) is 59.7 Å². The SMILES string of the molecule is CC[C@@H](NC(=O)OCC1c2ccccc2-c2ccccc21)C(=O)NCCCC(C)C(=O)O. The molecule has 32 heavy (non-hydrogen) atoms. The first-order valence-electron chi connectivity index (χ1n) is 11.0. The highest BCUT2D eigenvalue weighted by molar-refractivity contribution is 5.85. The summed E-state index contributed by atoms with van der Waals surface area (Å²) >= 11 is 0. The summed E-state index contributed by atoms with van der Waals surface area (Å²) in [6.45, 7) is 3.99. The monoisotopic (exact) mass is 438 g/mol. The number of amides is 2. The predicted octanol–water partition coefficient (Wildman–Crippen LogP) is 3.92. The Morgan fingerprint density at radius 2 is 1.62 bits per heavy atom. The van der Waals surface area contributed by atoms with Crippen LogP contribution in [0.2, 0.25) is 0 Å². The van der Waals surface area contributed by atoms with Crippen molar-refractivity contribution < 1.29 is 24.2 Å². The average molecular weight is 439 g/mol. The van der Waals surface area contributed by atoms with Crippen LogP contribution in [0.15, 0.2) is 48.5 Å². The maximum Gasteiger partial charge on any atom is 0.407 e. The lowest BCUT2D eigenvalue weighted by atomic mass is 9.98. The number of carbonyl (C=O) groups is 3. The molecule has 0 saturated heterocycles. The van der Waals surface area contributed by atoms with E-state index in [1.807, 2.05) is 24.3 Å². The lowest BCUT2D eigenvalue weighted by Crippen LogP contribution is -2.47. The van der Waals surface area contributed by atoms with Gasteiger partial charge in [0.1, 0.15) is 12.6 Å². The zero-order valence-corrected chi connectivity index (χ0v) is 18.5. The quantitative estimate of drug-likeness (QED) is 0.488. The molecule has 3 rings (SSSR count). The molecular weight excluding hydrogens is 408 g/mol. The van der Waals surface area contributed by atoms with Gasteiger partial charge in [0, 0.05) is 12.5 Å². The fourth-order valence-corrected chi connectivity index (χ4v) is 4.00. The molecule has 0 bridgehead atoms. The van der Waals surface area contributed by atoms with E-state index in [0.29, 0.717) is 25.8 Å². The predicted molar refractivity (Wildman–Crippen MR) is 121 cm³/mol. The van der Waals surface area contributed by atoms with Crippen LogP contribution in [0.4, 0.5) is 4.79 Å². The first-order valence-corrected chi connectivity index (χ1v) is 11.0. The molecule has 7 heteroatoms. The molecule has 7 nitrogen and oxygen atoms in total. The highest BCUT2D eigenvalue weighted by Crippen LogP contribution is 2.44. The highest BCUT2D eigenvalue weighted by Gasteiger charge is 2.29. The topological polar surface area (TPSA) is 105 Å². The highest BCUT2D eigenvalue weighted by atomic mass is 16.5. The van der Waals surface area contributed by atoms with E-state index in [4.69, 9.17) is 9.84 Å². The number of nitrogens with one attached hydrogen (secondary N) is 2. The number of rotatable bonds is 10. The van der Waals surface area contributed by atoms with Crippen LogP contribution >= 0.6 is 0 Å². The van der Waals surface area contributed by atoms with Crippen LogP contribution in [0.1, 0.15) is 50.2 Å². The van der Waals surface area contributed by atoms with Crippen LogP contribution in [0.3, 0.4) is 0 Å². The van der Waals surface area contributed by atoms with Crippen molar-refractivity contribution in [1.82, 2.24) is 10.6 Å². The molecule has 170 valence electrons. The minimum atomic E-state index is -0.848. The number of aliphatic carboxylic acids is 1. The van der Waals surface area contributed by atoms with Gasteiger partial charge in [-0.25, -0.2) is 4.79 Å². The molecule has 2 atom stereocenters. The smallest absolute Gasteiger partial charge is 0.407 e. The Kier molecular flexibility index (Phi) is 7.87. The number of benzene rings is 2. The number of ether oxygens (including phenoxy) is 1. The van der Waals surface area contributed by atoms with Crippen LogP contribution in [-0.2, 0) is 14.3 Å². The maximum absolute atomic E-state index is 12.4. The van der Waals surface area contributed by atoms with Crippen molar-refractivity contribution in [2.45, 2.75) is 45.1 Å². The van der Waals surface area contributed by atoms with Crippen LogP contribution in [0.5, 0.6) is 0 Å². The molecule has 2 aromatic carbocycles. The minimum absolute atomic E-state index is 0.0433. The summed E-state index contributed by atoms with van der Waals surface area (Å²) in [4.78, 5) is 35.6. The summed E-state index contributed by atoms with van der Waals surface area (Å²) in [6.07, 6.45) is 0.822. The van der Waals surface area contributed by atoms with E-state index in [9.17, 15) is 14.4 Å². The zero-order valence-electron chi connectivity index (χ0n) is 18.5. The standard InChI is InChI=1S/C25H30N2O5/c1-3-22(23(28)26-14-8-9-16(2)24(29)30)27-25(31)32-15-21-19-12-6-4-10-17(19)18-11-5-7-13-20(18)21/h4-7,10-13,16,21-22H,3,8-9,14-15H2,1-2H3,(H,26,28)(H,27,31)(H,29,30)/t16?,22-/m1/s1. The van der Waals surface area contributed by atoms with Gasteiger partial charge < -0.3 is 20.5 Å². The molecule has 3 N–H and O–H groups in total. The van der Waals surface area contributed by atoms with Crippen molar-refractivity contribution in [1.29, 1.82) is 0 Å². The van der Waals surface area contributed by atoms with Gasteiger partial charge in [-0.15, -0.1) is 0 Å². The van der Waals surface area contributed by atoms with Gasteiger partial charge in [-0.1, -0.05) is 62.4 Å². The summed E-state index contributed by atoms with van der Waals surface area (Å²) in [5, 5.41) is 14.3. The number of alkyl carbamates (subject to hydrolysis) is 1. The molecule has 1 aliphatic carbocycles. The van der Waals surface area contributed by atoms with E-state index < -0.39 is 24.0 Å². The summed E-state index contributed by atoms with van der Waals surface area (Å²) in [6, 6.07) is 15.5. The van der Waals surface area contributed by atoms with E-state index in [0.717, 1.165) is 22.3 Å². The van der Waals surface area contributed by atoms with Gasteiger partial charge in [0.2, 0.25) is 5.91 Å². The zero-order chi connectivity index (χ0) is 23.1. The second kappa shape index (κ2) is 10.8. The largest absolute Gasteiger partial charge is 0.481 e. The van der Waals surface area contributed by atoms with Crippen molar-refractivity contribution in [2.24, 2.45) is 5.92 Å². The summed E-state index contributed by atoms with van der Waals surface area (Å²) in [7, 11) is 0. The number of carbonyl (C=O) groups excluding carboxylic acids is 2. The lowest BCUT2D eigenvalue weighted by Gasteiger charge is -2.19. The Bertz CT molecular complexity index is 929. The van der Waals surface area contributed by atoms with E-state index in [1.165, 1.54) is 0 Å². The first-order chi connectivity index (χ1) is 15.4. The first kappa shape index (κ1) is 23.3. The van der Waals surface area contributed by atoms with E-state index in [2.05, 4.69) is 34.9 Å². The molecule has 0 spiro atoms. The molecule has 1 unspecified atom stereocenters. The summed E-state index contributed by atoms with van der Waals surface area (Å²) < 4.78 is 5.51. The Labute approximate surface area is 188 Å². The fourth-order valence-electron chi connectivity index (χ4n) is 4.00. The average Bonchev–Trinajstić information content (AvgIpc) is 3.12. The number of carboxylic acids is 1. The van der Waals surface area contributed by atoms with Gasteiger partial charge in [-0.05, 0) is 41.5 Å². The molecule has 0 saturated carbocycles. The number of fused-ring (bicyclic) bond motifs is 3. The van der Waals surface area contributed by atoms with Gasteiger partial charge in [0.05, 0.1) is 5.92 Å².